The Morgan fingerprint density at radius 2 is 1.66 bits per heavy atom. The molecule has 7 nitrogen and oxygen atoms in total. The van der Waals surface area contributed by atoms with Crippen molar-refractivity contribution in [2.75, 3.05) is 13.1 Å². The van der Waals surface area contributed by atoms with E-state index in [0.29, 0.717) is 66.3 Å². The van der Waals surface area contributed by atoms with Crippen molar-refractivity contribution in [1.29, 1.82) is 0 Å². The standard InChI is InChI=1S/C30H34ClF3N2O5S3/c1-4-9-27(37)25-11-8-7-10-22(35-43(38,39)29-19-12-21(20-26(29)31)30(32,33)34)13-18-28(25)42-23-14-16-24(17-15-23)44(40,41)36(5-2)6-3/h11-20,35H,4-10H2,1-3H3/b22-13-,25-11-,28-18+. The fraction of sp³-hybridized carbons (Fsp3) is 0.367. The summed E-state index contributed by atoms with van der Waals surface area (Å²) in [4.78, 5) is 13.9. The number of sulfonamides is 2. The van der Waals surface area contributed by atoms with Crippen LogP contribution in [-0.2, 0) is 31.0 Å². The Morgan fingerprint density at radius 3 is 2.23 bits per heavy atom. The Hall–Kier alpha value is -2.58. The van der Waals surface area contributed by atoms with Crippen LogP contribution in [0.2, 0.25) is 5.02 Å². The third-order valence-electron chi connectivity index (χ3n) is 6.69. The summed E-state index contributed by atoms with van der Waals surface area (Å²) in [6, 6.07) is 8.34. The highest BCUT2D eigenvalue weighted by molar-refractivity contribution is 8.03. The number of carbonyl (C=O) groups is 1. The van der Waals surface area contributed by atoms with E-state index in [4.69, 9.17) is 11.6 Å². The monoisotopic (exact) mass is 690 g/mol. The molecule has 44 heavy (non-hydrogen) atoms. The van der Waals surface area contributed by atoms with Gasteiger partial charge in [0.1, 0.15) is 4.90 Å². The number of hydrogen-bond acceptors (Lipinski definition) is 6. The molecule has 3 rings (SSSR count). The second-order valence-corrected chi connectivity index (χ2v) is 14.9. The lowest BCUT2D eigenvalue weighted by Crippen LogP contribution is -2.30. The van der Waals surface area contributed by atoms with Gasteiger partial charge in [0.05, 0.1) is 15.5 Å². The van der Waals surface area contributed by atoms with E-state index in [1.807, 2.05) is 13.0 Å². The number of alkyl halides is 3. The SMILES string of the molecule is CCCC(=O)C1=C/CCC/C(NS(=O)(=O)c2ccc(C(F)(F)F)cc2Cl)=C/C=C\1Sc1ccc(S(=O)(=O)N(CC)CC)cc1. The predicted molar refractivity (Wildman–Crippen MR) is 167 cm³/mol. The van der Waals surface area contributed by atoms with E-state index in [-0.39, 0.29) is 22.8 Å². The lowest BCUT2D eigenvalue weighted by Gasteiger charge is -2.18. The first kappa shape index (κ1) is 35.9. The van der Waals surface area contributed by atoms with Crippen LogP contribution in [0.15, 0.2) is 91.6 Å². The Balaban J connectivity index is 1.98. The highest BCUT2D eigenvalue weighted by atomic mass is 35.5. The molecule has 0 amide bonds. The van der Waals surface area contributed by atoms with Crippen LogP contribution in [0.3, 0.4) is 0 Å². The number of carbonyl (C=O) groups excluding carboxylic acids is 1. The van der Waals surface area contributed by atoms with Gasteiger partial charge >= 0.3 is 6.18 Å². The van der Waals surface area contributed by atoms with Gasteiger partial charge in [-0.05, 0) is 80.3 Å². The maximum Gasteiger partial charge on any atom is 0.416 e. The molecule has 0 heterocycles. The first-order chi connectivity index (χ1) is 20.6. The quantitative estimate of drug-likeness (QED) is 0.245. The Bertz CT molecular complexity index is 1660. The first-order valence-corrected chi connectivity index (χ1v) is 18.1. The van der Waals surface area contributed by atoms with Crippen molar-refractivity contribution >= 4 is 49.2 Å². The molecule has 1 aliphatic rings. The van der Waals surface area contributed by atoms with E-state index in [1.165, 1.54) is 34.3 Å². The number of Topliss-reactive ketones (excluding diaryl/α,β-unsaturated/α-hetero) is 1. The van der Waals surface area contributed by atoms with Crippen LogP contribution in [0.5, 0.6) is 0 Å². The van der Waals surface area contributed by atoms with E-state index >= 15 is 0 Å². The van der Waals surface area contributed by atoms with E-state index in [2.05, 4.69) is 4.72 Å². The predicted octanol–water partition coefficient (Wildman–Crippen LogP) is 7.71. The molecule has 0 spiro atoms. The third-order valence-corrected chi connectivity index (χ3v) is 11.7. The first-order valence-electron chi connectivity index (χ1n) is 14.0. The van der Waals surface area contributed by atoms with Crippen LogP contribution in [0, 0.1) is 0 Å². The fourth-order valence-corrected chi connectivity index (χ4v) is 8.52. The van der Waals surface area contributed by atoms with Gasteiger partial charge in [-0.3, -0.25) is 9.52 Å². The van der Waals surface area contributed by atoms with Crippen LogP contribution in [0.25, 0.3) is 0 Å². The number of rotatable bonds is 12. The number of benzene rings is 2. The van der Waals surface area contributed by atoms with Crippen molar-refractivity contribution in [3.63, 3.8) is 0 Å². The number of nitrogens with zero attached hydrogens (tertiary/aromatic N) is 1. The topological polar surface area (TPSA) is 101 Å². The summed E-state index contributed by atoms with van der Waals surface area (Å²) in [6.45, 7) is 6.07. The maximum atomic E-state index is 13.1. The van der Waals surface area contributed by atoms with Crippen LogP contribution in [0.4, 0.5) is 13.2 Å². The molecule has 0 bridgehead atoms. The van der Waals surface area contributed by atoms with Crippen molar-refractivity contribution in [3.8, 4) is 0 Å². The number of thioether (sulfide) groups is 1. The molecule has 2 aromatic rings. The van der Waals surface area contributed by atoms with Crippen LogP contribution in [0.1, 0.15) is 58.4 Å². The molecule has 1 aliphatic carbocycles. The minimum absolute atomic E-state index is 0.0825. The van der Waals surface area contributed by atoms with Crippen molar-refractivity contribution in [1.82, 2.24) is 9.03 Å². The summed E-state index contributed by atoms with van der Waals surface area (Å²) < 4.78 is 95.0. The van der Waals surface area contributed by atoms with Gasteiger partial charge in [0.15, 0.2) is 5.78 Å². The van der Waals surface area contributed by atoms with Crippen molar-refractivity contribution in [2.24, 2.45) is 0 Å². The van der Waals surface area contributed by atoms with Crippen LogP contribution >= 0.6 is 23.4 Å². The molecule has 0 saturated carbocycles. The number of nitrogens with one attached hydrogen (secondary N) is 1. The summed E-state index contributed by atoms with van der Waals surface area (Å²) in [7, 11) is -7.99. The smallest absolute Gasteiger partial charge is 0.294 e. The molecule has 1 N–H and O–H groups in total. The second-order valence-electron chi connectivity index (χ2n) is 9.82. The van der Waals surface area contributed by atoms with E-state index < -0.39 is 41.7 Å². The molecule has 2 aromatic carbocycles. The van der Waals surface area contributed by atoms with E-state index in [9.17, 15) is 34.8 Å². The number of hydrogen-bond donors (Lipinski definition) is 1. The molecule has 14 heteroatoms. The van der Waals surface area contributed by atoms with Crippen molar-refractivity contribution < 1.29 is 34.8 Å². The largest absolute Gasteiger partial charge is 0.416 e. The van der Waals surface area contributed by atoms with Crippen LogP contribution < -0.4 is 4.72 Å². The summed E-state index contributed by atoms with van der Waals surface area (Å²) in [5.74, 6) is -0.0825. The van der Waals surface area contributed by atoms with Gasteiger partial charge in [-0.25, -0.2) is 16.8 Å². The minimum atomic E-state index is -4.68. The third kappa shape index (κ3) is 9.00. The van der Waals surface area contributed by atoms with Crippen molar-refractivity contribution in [3.05, 3.63) is 87.5 Å². The zero-order chi connectivity index (χ0) is 32.7. The van der Waals surface area contributed by atoms with Gasteiger partial charge in [-0.15, -0.1) is 0 Å². The number of ketones is 1. The maximum absolute atomic E-state index is 13.1. The molecule has 0 unspecified atom stereocenters. The van der Waals surface area contributed by atoms with Gasteiger partial charge < -0.3 is 0 Å². The fourth-order valence-electron chi connectivity index (χ4n) is 4.42. The highest BCUT2D eigenvalue weighted by Crippen LogP contribution is 2.36. The van der Waals surface area contributed by atoms with E-state index in [1.54, 1.807) is 32.1 Å². The molecule has 0 aromatic heterocycles. The molecule has 0 atom stereocenters. The number of allylic oxidation sites excluding steroid dienone is 5. The zero-order valence-corrected chi connectivity index (χ0v) is 27.7. The molecule has 0 fully saturated rings. The normalized spacial score (nSPS) is 18.6. The molecule has 0 saturated heterocycles. The van der Waals surface area contributed by atoms with Gasteiger partial charge in [0.2, 0.25) is 10.0 Å². The molecule has 0 radical (unpaired) electrons. The summed E-state index contributed by atoms with van der Waals surface area (Å²) >= 11 is 7.19. The summed E-state index contributed by atoms with van der Waals surface area (Å²) in [5, 5.41) is -0.566. The van der Waals surface area contributed by atoms with Gasteiger partial charge in [0, 0.05) is 40.6 Å². The minimum Gasteiger partial charge on any atom is -0.294 e. The Morgan fingerprint density at radius 1 is 1.00 bits per heavy atom. The summed E-state index contributed by atoms with van der Waals surface area (Å²) in [6.07, 6.45) is 2.42. The zero-order valence-electron chi connectivity index (χ0n) is 24.4. The average Bonchev–Trinajstić information content (AvgIpc) is 3.04. The molecular weight excluding hydrogens is 657 g/mol. The molecule has 240 valence electrons. The van der Waals surface area contributed by atoms with E-state index in [0.717, 1.165) is 6.07 Å². The molecular formula is C30H34ClF3N2O5S3. The lowest BCUT2D eigenvalue weighted by atomic mass is 10.0. The van der Waals surface area contributed by atoms with Gasteiger partial charge in [-0.1, -0.05) is 50.2 Å². The number of halogens is 4. The van der Waals surface area contributed by atoms with Gasteiger partial charge in [-0.2, -0.15) is 17.5 Å². The van der Waals surface area contributed by atoms with Crippen molar-refractivity contribution in [2.45, 2.75) is 73.7 Å². The average molecular weight is 691 g/mol. The molecule has 0 aliphatic heterocycles. The van der Waals surface area contributed by atoms with Crippen LogP contribution in [-0.4, -0.2) is 40.0 Å². The Labute approximate surface area is 266 Å². The highest BCUT2D eigenvalue weighted by Gasteiger charge is 2.32. The Kier molecular flexibility index (Phi) is 12.3. The summed E-state index contributed by atoms with van der Waals surface area (Å²) in [5.41, 5.74) is -0.332. The lowest BCUT2D eigenvalue weighted by molar-refractivity contribution is -0.137. The second kappa shape index (κ2) is 15.1. The van der Waals surface area contributed by atoms with Gasteiger partial charge in [0.25, 0.3) is 10.0 Å².